The second-order valence-corrected chi connectivity index (χ2v) is 11.2. The van der Waals surface area contributed by atoms with Gasteiger partial charge in [-0.25, -0.2) is 19.2 Å². The molecule has 1 aromatic carbocycles. The highest BCUT2D eigenvalue weighted by Gasteiger charge is 2.34. The lowest BCUT2D eigenvalue weighted by atomic mass is 10.2. The number of benzene rings is 1. The second-order valence-electron chi connectivity index (χ2n) is 11.2. The van der Waals surface area contributed by atoms with E-state index in [1.165, 1.54) is 21.2 Å². The van der Waals surface area contributed by atoms with Gasteiger partial charge in [-0.05, 0) is 47.1 Å². The van der Waals surface area contributed by atoms with Gasteiger partial charge in [-0.1, -0.05) is 30.3 Å². The van der Waals surface area contributed by atoms with E-state index >= 15 is 0 Å². The number of carbonyl (C=O) groups is 6. The minimum atomic E-state index is -1.31. The fraction of sp³-hybridized carbons (Fsp3) is 0.586. The summed E-state index contributed by atoms with van der Waals surface area (Å²) < 4.78 is 24.5. The number of carboxylic acid groups (broad SMARTS) is 1. The predicted octanol–water partition coefficient (Wildman–Crippen LogP) is 3.40. The summed E-state index contributed by atoms with van der Waals surface area (Å²) in [5, 5.41) is 8.98. The van der Waals surface area contributed by atoms with E-state index < -0.39 is 65.8 Å². The van der Waals surface area contributed by atoms with Crippen LogP contribution in [0.2, 0.25) is 0 Å². The SMILES string of the molecule is COC(=O)C[C@@H](C(=O)O)N(C)C(=O)OC(C)(C)C.COC(=O)C[C@@H](C(=O)OCc1ccccc1)N(C)C(=O)OC(C)(C)C. The molecule has 1 aromatic rings. The third kappa shape index (κ3) is 16.0. The van der Waals surface area contributed by atoms with Crippen LogP contribution in [0.5, 0.6) is 0 Å². The van der Waals surface area contributed by atoms with E-state index in [1.54, 1.807) is 53.7 Å². The van der Waals surface area contributed by atoms with E-state index in [4.69, 9.17) is 19.3 Å². The standard InChI is InChI=1S/C18H25NO6.C11H19NO6/c1-18(2,3)25-17(22)19(4)14(11-15(20)23-5)16(21)24-12-13-9-7-6-8-10-13;1-11(2,3)18-10(16)12(4)7(9(14)15)6-8(13)17-5/h6-10,14H,11-12H2,1-5H3;7H,6H2,1-5H3,(H,14,15)/t14-;7-/m00/s1. The van der Waals surface area contributed by atoms with Gasteiger partial charge < -0.3 is 28.8 Å². The number of likely N-dealkylation sites (N-methyl/N-ethyl adjacent to an activating group) is 2. The lowest BCUT2D eigenvalue weighted by molar-refractivity contribution is -0.155. The van der Waals surface area contributed by atoms with Gasteiger partial charge in [0.15, 0.2) is 0 Å². The maximum Gasteiger partial charge on any atom is 0.410 e. The topological polar surface area (TPSA) is 175 Å². The third-order valence-corrected chi connectivity index (χ3v) is 5.25. The minimum Gasteiger partial charge on any atom is -0.480 e. The van der Waals surface area contributed by atoms with E-state index in [0.717, 1.165) is 22.5 Å². The zero-order chi connectivity index (χ0) is 33.5. The van der Waals surface area contributed by atoms with Crippen molar-refractivity contribution < 1.29 is 57.6 Å². The van der Waals surface area contributed by atoms with E-state index in [-0.39, 0.29) is 13.0 Å². The van der Waals surface area contributed by atoms with Gasteiger partial charge in [-0.15, -0.1) is 0 Å². The van der Waals surface area contributed by atoms with Crippen molar-refractivity contribution in [1.82, 2.24) is 9.80 Å². The summed E-state index contributed by atoms with van der Waals surface area (Å²) in [6.07, 6.45) is -2.28. The predicted molar refractivity (Wildman–Crippen MR) is 153 cm³/mol. The first-order chi connectivity index (χ1) is 19.7. The number of amides is 2. The first-order valence-corrected chi connectivity index (χ1v) is 13.2. The fourth-order valence-corrected chi connectivity index (χ4v) is 3.00. The number of aliphatic carboxylic acids is 1. The number of carbonyl (C=O) groups excluding carboxylic acids is 5. The Morgan fingerprint density at radius 1 is 0.721 bits per heavy atom. The van der Waals surface area contributed by atoms with Gasteiger partial charge in [0.1, 0.15) is 29.9 Å². The van der Waals surface area contributed by atoms with Crippen molar-refractivity contribution in [2.75, 3.05) is 28.3 Å². The second kappa shape index (κ2) is 17.6. The summed E-state index contributed by atoms with van der Waals surface area (Å²) >= 11 is 0. The number of hydrogen-bond donors (Lipinski definition) is 1. The largest absolute Gasteiger partial charge is 0.480 e. The van der Waals surface area contributed by atoms with Crippen LogP contribution >= 0.6 is 0 Å². The molecule has 0 radical (unpaired) electrons. The Morgan fingerprint density at radius 2 is 1.12 bits per heavy atom. The zero-order valence-electron chi connectivity index (χ0n) is 26.5. The molecule has 242 valence electrons. The minimum absolute atomic E-state index is 0.0412. The molecule has 43 heavy (non-hydrogen) atoms. The van der Waals surface area contributed by atoms with Crippen molar-refractivity contribution >= 4 is 36.1 Å². The highest BCUT2D eigenvalue weighted by molar-refractivity contribution is 5.86. The maximum atomic E-state index is 12.4. The Morgan fingerprint density at radius 3 is 1.49 bits per heavy atom. The van der Waals surface area contributed by atoms with Crippen molar-refractivity contribution in [3.05, 3.63) is 35.9 Å². The van der Waals surface area contributed by atoms with Crippen molar-refractivity contribution in [3.63, 3.8) is 0 Å². The number of nitrogens with zero attached hydrogens (tertiary/aromatic N) is 2. The van der Waals surface area contributed by atoms with Gasteiger partial charge in [0.05, 0.1) is 27.1 Å². The van der Waals surface area contributed by atoms with Crippen molar-refractivity contribution in [2.24, 2.45) is 0 Å². The summed E-state index contributed by atoms with van der Waals surface area (Å²) in [5.41, 5.74) is -0.665. The van der Waals surface area contributed by atoms with Crippen molar-refractivity contribution in [1.29, 1.82) is 0 Å². The first kappa shape index (κ1) is 38.6. The monoisotopic (exact) mass is 612 g/mol. The van der Waals surface area contributed by atoms with Crippen LogP contribution in [0.3, 0.4) is 0 Å². The lowest BCUT2D eigenvalue weighted by Gasteiger charge is -2.29. The molecule has 0 fully saturated rings. The molecule has 0 bridgehead atoms. The normalized spacial score (nSPS) is 12.2. The molecular weight excluding hydrogens is 568 g/mol. The van der Waals surface area contributed by atoms with Gasteiger partial charge in [0, 0.05) is 14.1 Å². The molecule has 0 heterocycles. The summed E-state index contributed by atoms with van der Waals surface area (Å²) in [6.45, 7) is 10.2. The van der Waals surface area contributed by atoms with E-state index in [9.17, 15) is 28.8 Å². The molecule has 0 aromatic heterocycles. The Balaban J connectivity index is 0.000000869. The summed E-state index contributed by atoms with van der Waals surface area (Å²) in [6, 6.07) is 6.66. The van der Waals surface area contributed by atoms with Crippen molar-refractivity contribution in [3.8, 4) is 0 Å². The van der Waals surface area contributed by atoms with E-state index in [2.05, 4.69) is 9.47 Å². The van der Waals surface area contributed by atoms with Crippen LogP contribution in [-0.4, -0.2) is 103 Å². The smallest absolute Gasteiger partial charge is 0.410 e. The van der Waals surface area contributed by atoms with Crippen LogP contribution in [0, 0.1) is 0 Å². The highest BCUT2D eigenvalue weighted by atomic mass is 16.6. The molecule has 14 heteroatoms. The van der Waals surface area contributed by atoms with E-state index in [1.807, 2.05) is 18.2 Å². The van der Waals surface area contributed by atoms with E-state index in [0.29, 0.717) is 0 Å². The summed E-state index contributed by atoms with van der Waals surface area (Å²) in [7, 11) is 5.00. The lowest BCUT2D eigenvalue weighted by Crippen LogP contribution is -2.46. The summed E-state index contributed by atoms with van der Waals surface area (Å²) in [5.74, 6) is -3.34. The molecule has 0 unspecified atom stereocenters. The van der Waals surface area contributed by atoms with Gasteiger partial charge >= 0.3 is 36.1 Å². The maximum absolute atomic E-state index is 12.4. The molecule has 0 aliphatic heterocycles. The van der Waals surface area contributed by atoms with Gasteiger partial charge in [-0.3, -0.25) is 19.4 Å². The number of hydrogen-bond acceptors (Lipinski definition) is 11. The Labute approximate surface area is 252 Å². The zero-order valence-corrected chi connectivity index (χ0v) is 26.5. The molecule has 1 N–H and O–H groups in total. The molecule has 14 nitrogen and oxygen atoms in total. The van der Waals surface area contributed by atoms with Gasteiger partial charge in [0.2, 0.25) is 0 Å². The van der Waals surface area contributed by atoms with Crippen LogP contribution in [0.1, 0.15) is 59.9 Å². The van der Waals surface area contributed by atoms with Gasteiger partial charge in [0.25, 0.3) is 0 Å². The molecule has 0 saturated carbocycles. The fourth-order valence-electron chi connectivity index (χ4n) is 3.00. The average molecular weight is 613 g/mol. The molecule has 0 spiro atoms. The van der Waals surface area contributed by atoms with Gasteiger partial charge in [-0.2, -0.15) is 0 Å². The number of esters is 3. The van der Waals surface area contributed by atoms with Crippen LogP contribution in [-0.2, 0) is 49.5 Å². The van der Waals surface area contributed by atoms with Crippen LogP contribution in [0.15, 0.2) is 30.3 Å². The molecule has 0 saturated heterocycles. The molecule has 2 atom stereocenters. The molecule has 2 amide bonds. The van der Waals surface area contributed by atoms with Crippen LogP contribution < -0.4 is 0 Å². The molecule has 0 aliphatic carbocycles. The number of ether oxygens (including phenoxy) is 5. The average Bonchev–Trinajstić information content (AvgIpc) is 2.91. The summed E-state index contributed by atoms with van der Waals surface area (Å²) in [4.78, 5) is 71.9. The number of rotatable bonds is 10. The Kier molecular flexibility index (Phi) is 15.8. The highest BCUT2D eigenvalue weighted by Crippen LogP contribution is 2.15. The Bertz CT molecular complexity index is 1090. The quantitative estimate of drug-likeness (QED) is 0.302. The molecule has 0 aliphatic rings. The first-order valence-electron chi connectivity index (χ1n) is 13.2. The van der Waals surface area contributed by atoms with Crippen LogP contribution in [0.25, 0.3) is 0 Å². The number of carboxylic acids is 1. The number of methoxy groups -OCH3 is 2. The van der Waals surface area contributed by atoms with Crippen LogP contribution in [0.4, 0.5) is 9.59 Å². The van der Waals surface area contributed by atoms with Crippen molar-refractivity contribution in [2.45, 2.75) is 84.3 Å². The molecule has 1 rings (SSSR count). The Hall–Kier alpha value is -4.36. The molecular formula is C29H44N2O12. The third-order valence-electron chi connectivity index (χ3n) is 5.25.